The summed E-state index contributed by atoms with van der Waals surface area (Å²) in [6.07, 6.45) is 1.58. The molecule has 1 aromatic heterocycles. The Morgan fingerprint density at radius 1 is 0.881 bits per heavy atom. The van der Waals surface area contributed by atoms with Gasteiger partial charge in [-0.25, -0.2) is 5.43 Å². The maximum atomic E-state index is 12.7. The Morgan fingerprint density at radius 2 is 1.64 bits per heavy atom. The van der Waals surface area contributed by atoms with E-state index >= 15 is 0 Å². The summed E-state index contributed by atoms with van der Waals surface area (Å²) >= 11 is 1.26. The molecule has 10 heteroatoms. The highest BCUT2D eigenvalue weighted by atomic mass is 32.2. The fourth-order valence-corrected chi connectivity index (χ4v) is 4.85. The SMILES string of the molecule is COc1ccc(-c2nnc(SCC(=O)N/N=C\c3cccc(OCc4ccccc4)c3)n2-c2ccccc2)cc1OC. The van der Waals surface area contributed by atoms with Gasteiger partial charge in [-0.2, -0.15) is 5.10 Å². The number of thioether (sulfide) groups is 1. The number of hydrazone groups is 1. The second kappa shape index (κ2) is 14.0. The number of ether oxygens (including phenoxy) is 3. The first kappa shape index (κ1) is 28.4. The van der Waals surface area contributed by atoms with Crippen molar-refractivity contribution in [3.63, 3.8) is 0 Å². The van der Waals surface area contributed by atoms with Gasteiger partial charge >= 0.3 is 0 Å². The summed E-state index contributed by atoms with van der Waals surface area (Å²) in [5.74, 6) is 2.34. The number of carbonyl (C=O) groups is 1. The lowest BCUT2D eigenvalue weighted by Gasteiger charge is -2.12. The van der Waals surface area contributed by atoms with E-state index in [0.717, 1.165) is 28.1 Å². The summed E-state index contributed by atoms with van der Waals surface area (Å²) in [5.41, 5.74) is 6.13. The molecule has 0 spiro atoms. The Labute approximate surface area is 248 Å². The van der Waals surface area contributed by atoms with Crippen LogP contribution in [0.4, 0.5) is 0 Å². The van der Waals surface area contributed by atoms with Crippen LogP contribution in [0.3, 0.4) is 0 Å². The molecule has 0 unspecified atom stereocenters. The van der Waals surface area contributed by atoms with Crippen LogP contribution in [0.5, 0.6) is 17.2 Å². The van der Waals surface area contributed by atoms with Crippen molar-refractivity contribution in [3.8, 4) is 34.3 Å². The van der Waals surface area contributed by atoms with Crippen molar-refractivity contribution in [2.45, 2.75) is 11.8 Å². The number of rotatable bonds is 12. The van der Waals surface area contributed by atoms with E-state index in [1.807, 2.05) is 108 Å². The number of nitrogens with zero attached hydrogens (tertiary/aromatic N) is 4. The molecule has 0 radical (unpaired) electrons. The van der Waals surface area contributed by atoms with Gasteiger partial charge in [-0.1, -0.05) is 72.4 Å². The molecule has 0 saturated heterocycles. The molecule has 0 fully saturated rings. The third-order valence-corrected chi connectivity index (χ3v) is 7.06. The van der Waals surface area contributed by atoms with E-state index in [2.05, 4.69) is 20.7 Å². The Hall–Kier alpha value is -5.09. The van der Waals surface area contributed by atoms with Gasteiger partial charge in [0.15, 0.2) is 22.5 Å². The van der Waals surface area contributed by atoms with E-state index in [1.165, 1.54) is 11.8 Å². The summed E-state index contributed by atoms with van der Waals surface area (Å²) in [4.78, 5) is 12.7. The van der Waals surface area contributed by atoms with Crippen LogP contribution in [0, 0.1) is 0 Å². The molecular formula is C32H29N5O4S. The molecule has 0 saturated carbocycles. The number of nitrogens with one attached hydrogen (secondary N) is 1. The van der Waals surface area contributed by atoms with Crippen molar-refractivity contribution in [2.75, 3.05) is 20.0 Å². The average Bonchev–Trinajstić information content (AvgIpc) is 3.47. The lowest BCUT2D eigenvalue weighted by atomic mass is 10.2. The third-order valence-electron chi connectivity index (χ3n) is 6.13. The molecule has 9 nitrogen and oxygen atoms in total. The molecular weight excluding hydrogens is 550 g/mol. The van der Waals surface area contributed by atoms with Gasteiger partial charge in [0.1, 0.15) is 12.4 Å². The van der Waals surface area contributed by atoms with Gasteiger partial charge in [0.2, 0.25) is 0 Å². The van der Waals surface area contributed by atoms with E-state index in [9.17, 15) is 4.79 Å². The number of aromatic nitrogens is 3. The fraction of sp³-hybridized carbons (Fsp3) is 0.125. The molecule has 1 heterocycles. The third kappa shape index (κ3) is 7.15. The number of amides is 1. The van der Waals surface area contributed by atoms with Gasteiger partial charge in [0.05, 0.1) is 26.2 Å². The normalized spacial score (nSPS) is 10.9. The molecule has 0 aliphatic rings. The smallest absolute Gasteiger partial charge is 0.250 e. The van der Waals surface area contributed by atoms with E-state index in [4.69, 9.17) is 14.2 Å². The first-order valence-electron chi connectivity index (χ1n) is 13.1. The predicted octanol–water partition coefficient (Wildman–Crippen LogP) is 5.77. The standard InChI is InChI=1S/C32H29N5O4S/c1-39-28-17-16-25(19-29(28)40-2)31-35-36-32(37(31)26-13-7-4-8-14-26)42-22-30(38)34-33-20-24-12-9-15-27(18-24)41-21-23-10-5-3-6-11-23/h3-20H,21-22H2,1-2H3,(H,34,38)/b33-20-. The number of carbonyl (C=O) groups excluding carboxylic acids is 1. The zero-order valence-corrected chi connectivity index (χ0v) is 24.0. The van der Waals surface area contributed by atoms with E-state index in [-0.39, 0.29) is 11.7 Å². The van der Waals surface area contributed by atoms with Crippen LogP contribution in [0.15, 0.2) is 113 Å². The van der Waals surface area contributed by atoms with Gasteiger partial charge in [-0.05, 0) is 53.6 Å². The van der Waals surface area contributed by atoms with Crippen LogP contribution in [-0.2, 0) is 11.4 Å². The zero-order chi connectivity index (χ0) is 29.1. The molecule has 5 aromatic rings. The molecule has 0 atom stereocenters. The lowest BCUT2D eigenvalue weighted by Crippen LogP contribution is -2.20. The maximum Gasteiger partial charge on any atom is 0.250 e. The molecule has 0 aliphatic heterocycles. The predicted molar refractivity (Wildman–Crippen MR) is 164 cm³/mol. The van der Waals surface area contributed by atoms with Crippen LogP contribution in [0.25, 0.3) is 17.1 Å². The highest BCUT2D eigenvalue weighted by molar-refractivity contribution is 7.99. The highest BCUT2D eigenvalue weighted by Gasteiger charge is 2.18. The van der Waals surface area contributed by atoms with Crippen molar-refractivity contribution in [1.82, 2.24) is 20.2 Å². The quantitative estimate of drug-likeness (QED) is 0.114. The van der Waals surface area contributed by atoms with Crippen LogP contribution in [0.1, 0.15) is 11.1 Å². The second-order valence-electron chi connectivity index (χ2n) is 8.98. The Balaban J connectivity index is 1.24. The minimum Gasteiger partial charge on any atom is -0.493 e. The number of para-hydroxylation sites is 1. The van der Waals surface area contributed by atoms with Crippen molar-refractivity contribution in [3.05, 3.63) is 114 Å². The zero-order valence-electron chi connectivity index (χ0n) is 23.1. The highest BCUT2D eigenvalue weighted by Crippen LogP contribution is 2.34. The topological polar surface area (TPSA) is 99.9 Å². The molecule has 0 aliphatic carbocycles. The van der Waals surface area contributed by atoms with Crippen molar-refractivity contribution < 1.29 is 19.0 Å². The summed E-state index contributed by atoms with van der Waals surface area (Å²) in [6, 6.07) is 32.8. The van der Waals surface area contributed by atoms with Gasteiger partial charge in [-0.3, -0.25) is 9.36 Å². The van der Waals surface area contributed by atoms with Gasteiger partial charge in [0.25, 0.3) is 5.91 Å². The van der Waals surface area contributed by atoms with Crippen LogP contribution in [0.2, 0.25) is 0 Å². The number of hydrogen-bond donors (Lipinski definition) is 1. The lowest BCUT2D eigenvalue weighted by molar-refractivity contribution is -0.118. The van der Waals surface area contributed by atoms with Crippen LogP contribution in [-0.4, -0.2) is 46.9 Å². The van der Waals surface area contributed by atoms with Crippen LogP contribution < -0.4 is 19.6 Å². The summed E-state index contributed by atoms with van der Waals surface area (Å²) in [7, 11) is 3.18. The minimum absolute atomic E-state index is 0.0917. The van der Waals surface area contributed by atoms with Crippen LogP contribution >= 0.6 is 11.8 Å². The van der Waals surface area contributed by atoms with E-state index in [1.54, 1.807) is 20.4 Å². The van der Waals surface area contributed by atoms with Gasteiger partial charge in [0, 0.05) is 11.3 Å². The molecule has 5 rings (SSSR count). The largest absolute Gasteiger partial charge is 0.493 e. The molecule has 1 N–H and O–H groups in total. The fourth-order valence-electron chi connectivity index (χ4n) is 4.10. The molecule has 0 bridgehead atoms. The number of methoxy groups -OCH3 is 2. The molecule has 212 valence electrons. The number of benzene rings is 4. The number of hydrogen-bond acceptors (Lipinski definition) is 8. The first-order chi connectivity index (χ1) is 20.6. The summed E-state index contributed by atoms with van der Waals surface area (Å²) < 4.78 is 18.6. The van der Waals surface area contributed by atoms with E-state index in [0.29, 0.717) is 29.1 Å². The maximum absolute atomic E-state index is 12.7. The van der Waals surface area contributed by atoms with Gasteiger partial charge in [-0.15, -0.1) is 10.2 Å². The Bertz CT molecular complexity index is 1660. The van der Waals surface area contributed by atoms with Gasteiger partial charge < -0.3 is 14.2 Å². The van der Waals surface area contributed by atoms with E-state index < -0.39 is 0 Å². The molecule has 4 aromatic carbocycles. The Kier molecular flexibility index (Phi) is 9.48. The Morgan fingerprint density at radius 3 is 2.40 bits per heavy atom. The summed E-state index contributed by atoms with van der Waals surface area (Å²) in [6.45, 7) is 0.469. The monoisotopic (exact) mass is 579 g/mol. The minimum atomic E-state index is -0.275. The molecule has 42 heavy (non-hydrogen) atoms. The van der Waals surface area contributed by atoms with Crippen molar-refractivity contribution in [2.24, 2.45) is 5.10 Å². The van der Waals surface area contributed by atoms with Crippen molar-refractivity contribution >= 4 is 23.9 Å². The summed E-state index contributed by atoms with van der Waals surface area (Å²) in [5, 5.41) is 13.5. The average molecular weight is 580 g/mol. The van der Waals surface area contributed by atoms with Crippen molar-refractivity contribution in [1.29, 1.82) is 0 Å². The second-order valence-corrected chi connectivity index (χ2v) is 9.92. The first-order valence-corrected chi connectivity index (χ1v) is 14.1. The molecule has 1 amide bonds.